The third kappa shape index (κ3) is 4.70. The molecule has 0 bridgehead atoms. The highest BCUT2D eigenvalue weighted by atomic mass is 16.5. The van der Waals surface area contributed by atoms with Crippen molar-refractivity contribution in [2.45, 2.75) is 44.8 Å². The molecule has 1 amide bonds. The average molecular weight is 439 g/mol. The minimum Gasteiger partial charge on any atom is -0.485 e. The number of ether oxygens (including phenoxy) is 1. The van der Waals surface area contributed by atoms with Crippen LogP contribution in [0.25, 0.3) is 0 Å². The summed E-state index contributed by atoms with van der Waals surface area (Å²) in [7, 11) is 0. The van der Waals surface area contributed by atoms with Crippen LogP contribution in [0.3, 0.4) is 0 Å². The Labute approximate surface area is 186 Å². The number of rotatable bonds is 4. The molecule has 1 unspecified atom stereocenters. The third-order valence-electron chi connectivity index (χ3n) is 6.45. The van der Waals surface area contributed by atoms with Crippen LogP contribution in [0.15, 0.2) is 46.5 Å². The van der Waals surface area contributed by atoms with Crippen LogP contribution >= 0.6 is 0 Å². The van der Waals surface area contributed by atoms with Crippen molar-refractivity contribution < 1.29 is 9.53 Å². The number of H-pyrrole nitrogens is 2. The highest BCUT2D eigenvalue weighted by molar-refractivity contribution is 5.79. The summed E-state index contributed by atoms with van der Waals surface area (Å²) < 4.78 is 6.62. The maximum absolute atomic E-state index is 13.4. The number of nitrogens with one attached hydrogen (secondary N) is 2. The zero-order valence-corrected chi connectivity index (χ0v) is 18.5. The molecule has 2 aliphatic heterocycles. The van der Waals surface area contributed by atoms with E-state index in [2.05, 4.69) is 21.4 Å². The van der Waals surface area contributed by atoms with Crippen molar-refractivity contribution in [1.82, 2.24) is 19.8 Å². The first-order valence-corrected chi connectivity index (χ1v) is 11.1. The second-order valence-electron chi connectivity index (χ2n) is 8.77. The van der Waals surface area contributed by atoms with Crippen LogP contribution in [-0.4, -0.2) is 57.5 Å². The van der Waals surface area contributed by atoms with Gasteiger partial charge in [0.1, 0.15) is 11.4 Å². The molecule has 1 aromatic heterocycles. The van der Waals surface area contributed by atoms with Crippen LogP contribution in [0, 0.1) is 6.92 Å². The lowest BCUT2D eigenvalue weighted by Gasteiger charge is -2.35. The molecule has 1 saturated heterocycles. The van der Waals surface area contributed by atoms with Crippen LogP contribution in [0.1, 0.15) is 36.1 Å². The summed E-state index contributed by atoms with van der Waals surface area (Å²) in [4.78, 5) is 46.2. The second kappa shape index (κ2) is 9.16. The van der Waals surface area contributed by atoms with Gasteiger partial charge in [0.2, 0.25) is 5.91 Å². The summed E-state index contributed by atoms with van der Waals surface area (Å²) >= 11 is 0. The van der Waals surface area contributed by atoms with Crippen molar-refractivity contribution in [3.8, 4) is 5.75 Å². The minimum absolute atomic E-state index is 0.0707. The summed E-state index contributed by atoms with van der Waals surface area (Å²) in [6, 6.07) is 7.84. The molecule has 8 nitrogen and oxygen atoms in total. The number of aryl methyl sites for hydroxylation is 1. The zero-order valence-electron chi connectivity index (χ0n) is 18.5. The highest BCUT2D eigenvalue weighted by Crippen LogP contribution is 2.35. The summed E-state index contributed by atoms with van der Waals surface area (Å²) in [6.07, 6.45) is 4.46. The molecule has 0 aliphatic carbocycles. The predicted molar refractivity (Wildman–Crippen MR) is 122 cm³/mol. The monoisotopic (exact) mass is 438 g/mol. The lowest BCUT2D eigenvalue weighted by atomic mass is 9.93. The Hall–Kier alpha value is -3.13. The summed E-state index contributed by atoms with van der Waals surface area (Å²) in [5, 5.41) is 0. The van der Waals surface area contributed by atoms with E-state index in [1.54, 1.807) is 11.8 Å². The number of nitrogens with zero attached hydrogens (tertiary/aromatic N) is 2. The van der Waals surface area contributed by atoms with E-state index in [0.717, 1.165) is 50.2 Å². The highest BCUT2D eigenvalue weighted by Gasteiger charge is 2.40. The molecule has 2 aromatic rings. The molecule has 170 valence electrons. The molecule has 1 fully saturated rings. The Morgan fingerprint density at radius 1 is 1.22 bits per heavy atom. The topological polar surface area (TPSA) is 98.5 Å². The van der Waals surface area contributed by atoms with Gasteiger partial charge in [-0.2, -0.15) is 0 Å². The normalized spacial score (nSPS) is 21.3. The Balaban J connectivity index is 1.63. The lowest BCUT2D eigenvalue weighted by Crippen LogP contribution is -2.48. The number of para-hydroxylation sites is 1. The largest absolute Gasteiger partial charge is 0.485 e. The SMILES string of the molecule is C=CCN1CCCC2(CC1)CN(C(=O)Cc1c(C)[nH]c(=O)[nH]c1=O)Cc1ccccc1O2. The van der Waals surface area contributed by atoms with Gasteiger partial charge in [0.05, 0.1) is 13.0 Å². The van der Waals surface area contributed by atoms with Gasteiger partial charge in [-0.25, -0.2) is 4.79 Å². The molecule has 2 aliphatic rings. The summed E-state index contributed by atoms with van der Waals surface area (Å²) in [5.41, 5.74) is 0.0996. The van der Waals surface area contributed by atoms with Gasteiger partial charge in [-0.1, -0.05) is 24.3 Å². The van der Waals surface area contributed by atoms with E-state index in [0.29, 0.717) is 24.3 Å². The van der Waals surface area contributed by atoms with Gasteiger partial charge in [-0.3, -0.25) is 19.5 Å². The van der Waals surface area contributed by atoms with Crippen molar-refractivity contribution in [2.24, 2.45) is 0 Å². The summed E-state index contributed by atoms with van der Waals surface area (Å²) in [5.74, 6) is 0.663. The fourth-order valence-electron chi connectivity index (χ4n) is 4.74. The number of carbonyl (C=O) groups excluding carboxylic acids is 1. The van der Waals surface area contributed by atoms with Gasteiger partial charge in [0.25, 0.3) is 5.56 Å². The van der Waals surface area contributed by atoms with Crippen molar-refractivity contribution in [1.29, 1.82) is 0 Å². The van der Waals surface area contributed by atoms with Gasteiger partial charge >= 0.3 is 5.69 Å². The van der Waals surface area contributed by atoms with E-state index in [-0.39, 0.29) is 12.3 Å². The standard InChI is InChI=1S/C24H30N4O4/c1-3-11-27-12-6-9-24(10-13-27)16-28(15-18-7-4-5-8-20(18)32-24)21(29)14-19-17(2)25-23(31)26-22(19)30/h3-5,7-8H,1,6,9-16H2,2H3,(H2,25,26,30,31). The minimum atomic E-state index is -0.567. The molecule has 0 saturated carbocycles. The fourth-order valence-corrected chi connectivity index (χ4v) is 4.74. The lowest BCUT2D eigenvalue weighted by molar-refractivity contribution is -0.133. The first-order chi connectivity index (χ1) is 15.4. The number of aromatic nitrogens is 2. The van der Waals surface area contributed by atoms with E-state index in [4.69, 9.17) is 4.74 Å². The van der Waals surface area contributed by atoms with E-state index in [1.807, 2.05) is 30.3 Å². The molecule has 1 spiro atoms. The van der Waals surface area contributed by atoms with Crippen LogP contribution in [0.4, 0.5) is 0 Å². The second-order valence-corrected chi connectivity index (χ2v) is 8.77. The van der Waals surface area contributed by atoms with E-state index >= 15 is 0 Å². The molecule has 8 heteroatoms. The van der Waals surface area contributed by atoms with Crippen molar-refractivity contribution >= 4 is 5.91 Å². The molecule has 32 heavy (non-hydrogen) atoms. The van der Waals surface area contributed by atoms with E-state index < -0.39 is 16.9 Å². The van der Waals surface area contributed by atoms with E-state index in [1.165, 1.54) is 0 Å². The maximum atomic E-state index is 13.4. The number of hydrogen-bond acceptors (Lipinski definition) is 5. The molecule has 1 atom stereocenters. The molecular weight excluding hydrogens is 408 g/mol. The van der Waals surface area contributed by atoms with Crippen LogP contribution < -0.4 is 16.0 Å². The van der Waals surface area contributed by atoms with Crippen molar-refractivity contribution in [3.05, 3.63) is 74.6 Å². The predicted octanol–water partition coefficient (Wildman–Crippen LogP) is 1.75. The van der Waals surface area contributed by atoms with Gasteiger partial charge < -0.3 is 14.6 Å². The number of amides is 1. The van der Waals surface area contributed by atoms with Gasteiger partial charge in [0.15, 0.2) is 0 Å². The molecule has 0 radical (unpaired) electrons. The third-order valence-corrected chi connectivity index (χ3v) is 6.45. The van der Waals surface area contributed by atoms with Crippen LogP contribution in [-0.2, 0) is 17.8 Å². The average Bonchev–Trinajstić information content (AvgIpc) is 3.04. The van der Waals surface area contributed by atoms with Crippen LogP contribution in [0.5, 0.6) is 5.75 Å². The Kier molecular flexibility index (Phi) is 6.32. The molecular formula is C24H30N4O4. The number of likely N-dealkylation sites (tertiary alicyclic amines) is 1. The molecule has 1 aromatic carbocycles. The smallest absolute Gasteiger partial charge is 0.325 e. The maximum Gasteiger partial charge on any atom is 0.325 e. The van der Waals surface area contributed by atoms with Crippen molar-refractivity contribution in [3.63, 3.8) is 0 Å². The number of carbonyl (C=O) groups is 1. The molecule has 4 rings (SSSR count). The first kappa shape index (κ1) is 22.1. The molecule has 3 heterocycles. The Bertz CT molecular complexity index is 1120. The first-order valence-electron chi connectivity index (χ1n) is 11.1. The quantitative estimate of drug-likeness (QED) is 0.709. The zero-order chi connectivity index (χ0) is 22.7. The Morgan fingerprint density at radius 3 is 2.81 bits per heavy atom. The number of hydrogen-bond donors (Lipinski definition) is 2. The van der Waals surface area contributed by atoms with Gasteiger partial charge in [-0.15, -0.1) is 6.58 Å². The van der Waals surface area contributed by atoms with Crippen molar-refractivity contribution in [2.75, 3.05) is 26.2 Å². The fraction of sp³-hybridized carbons (Fsp3) is 0.458. The molecule has 2 N–H and O–H groups in total. The van der Waals surface area contributed by atoms with Gasteiger partial charge in [-0.05, 0) is 32.4 Å². The van der Waals surface area contributed by atoms with Gasteiger partial charge in [0, 0.05) is 42.9 Å². The summed E-state index contributed by atoms with van der Waals surface area (Å²) in [6.45, 7) is 9.06. The Morgan fingerprint density at radius 2 is 2.03 bits per heavy atom. The van der Waals surface area contributed by atoms with Crippen LogP contribution in [0.2, 0.25) is 0 Å². The number of benzene rings is 1. The number of fused-ring (bicyclic) bond motifs is 1. The van der Waals surface area contributed by atoms with E-state index in [9.17, 15) is 14.4 Å². The number of aromatic amines is 2.